The van der Waals surface area contributed by atoms with Gasteiger partial charge in [0.1, 0.15) is 0 Å². The molecule has 0 aliphatic carbocycles. The van der Waals surface area contributed by atoms with Gasteiger partial charge < -0.3 is 10.0 Å². The molecule has 0 aromatic rings. The van der Waals surface area contributed by atoms with Crippen LogP contribution in [0, 0.1) is 0 Å². The van der Waals surface area contributed by atoms with Crippen LogP contribution in [0.4, 0.5) is 0 Å². The van der Waals surface area contributed by atoms with Crippen LogP contribution in [0.15, 0.2) is 0 Å². The topological polar surface area (TPSA) is 57.6 Å². The first-order valence-electron chi connectivity index (χ1n) is 5.14. The smallest absolute Gasteiger partial charge is 0.152 e. The molecule has 0 amide bonds. The predicted octanol–water partition coefficient (Wildman–Crippen LogP) is -0.122. The zero-order chi connectivity index (χ0) is 10.6. The first kappa shape index (κ1) is 11.9. The van der Waals surface area contributed by atoms with Crippen LogP contribution in [-0.4, -0.2) is 55.7 Å². The van der Waals surface area contributed by atoms with Gasteiger partial charge in [0.05, 0.1) is 17.6 Å². The summed E-state index contributed by atoms with van der Waals surface area (Å²) in [4.78, 5) is 2.11. The molecule has 0 bridgehead atoms. The summed E-state index contributed by atoms with van der Waals surface area (Å²) in [5, 5.41) is 9.35. The fourth-order valence-corrected chi connectivity index (χ4v) is 2.79. The van der Waals surface area contributed by atoms with Crippen molar-refractivity contribution in [3.8, 4) is 0 Å². The average molecular weight is 221 g/mol. The highest BCUT2D eigenvalue weighted by Crippen LogP contribution is 2.06. The SMILES string of the molecule is CCC(O)CCN1CCS(=O)(=O)CC1. The van der Waals surface area contributed by atoms with Gasteiger partial charge in [-0.15, -0.1) is 0 Å². The number of aliphatic hydroxyl groups excluding tert-OH is 1. The van der Waals surface area contributed by atoms with Crippen molar-refractivity contribution in [2.24, 2.45) is 0 Å². The molecule has 1 N–H and O–H groups in total. The van der Waals surface area contributed by atoms with Crippen LogP contribution in [0.1, 0.15) is 19.8 Å². The molecule has 1 saturated heterocycles. The molecule has 0 aromatic heterocycles. The molecule has 0 radical (unpaired) electrons. The van der Waals surface area contributed by atoms with Gasteiger partial charge in [0.25, 0.3) is 0 Å². The molecule has 0 saturated carbocycles. The molecule has 1 unspecified atom stereocenters. The average Bonchev–Trinajstić information content (AvgIpc) is 2.16. The minimum atomic E-state index is -2.76. The van der Waals surface area contributed by atoms with Crippen LogP contribution in [0.25, 0.3) is 0 Å². The monoisotopic (exact) mass is 221 g/mol. The largest absolute Gasteiger partial charge is 0.393 e. The summed E-state index contributed by atoms with van der Waals surface area (Å²) in [6, 6.07) is 0. The second kappa shape index (κ2) is 5.09. The highest BCUT2D eigenvalue weighted by molar-refractivity contribution is 7.91. The minimum Gasteiger partial charge on any atom is -0.393 e. The zero-order valence-corrected chi connectivity index (χ0v) is 9.46. The molecule has 1 heterocycles. The molecular weight excluding hydrogens is 202 g/mol. The molecule has 1 aliphatic heterocycles. The number of aliphatic hydroxyl groups is 1. The maximum absolute atomic E-state index is 11.1. The Balaban J connectivity index is 2.23. The molecule has 84 valence electrons. The molecule has 5 heteroatoms. The van der Waals surface area contributed by atoms with Crippen molar-refractivity contribution in [3.63, 3.8) is 0 Å². The van der Waals surface area contributed by atoms with E-state index in [2.05, 4.69) is 4.90 Å². The van der Waals surface area contributed by atoms with Crippen LogP contribution in [0.2, 0.25) is 0 Å². The van der Waals surface area contributed by atoms with Crippen molar-refractivity contribution in [2.75, 3.05) is 31.1 Å². The molecule has 0 aromatic carbocycles. The summed E-state index contributed by atoms with van der Waals surface area (Å²) >= 11 is 0. The van der Waals surface area contributed by atoms with Crippen LogP contribution in [0.3, 0.4) is 0 Å². The van der Waals surface area contributed by atoms with E-state index in [9.17, 15) is 13.5 Å². The van der Waals surface area contributed by atoms with E-state index in [0.29, 0.717) is 13.1 Å². The van der Waals surface area contributed by atoms with Gasteiger partial charge in [-0.05, 0) is 12.8 Å². The van der Waals surface area contributed by atoms with E-state index in [1.807, 2.05) is 6.92 Å². The second-order valence-corrected chi connectivity index (χ2v) is 6.15. The van der Waals surface area contributed by atoms with E-state index in [1.54, 1.807) is 0 Å². The van der Waals surface area contributed by atoms with Crippen molar-refractivity contribution in [2.45, 2.75) is 25.9 Å². The molecule has 0 spiro atoms. The highest BCUT2D eigenvalue weighted by Gasteiger charge is 2.21. The number of hydrogen-bond acceptors (Lipinski definition) is 4. The fourth-order valence-electron chi connectivity index (χ4n) is 1.51. The Morgan fingerprint density at radius 3 is 2.43 bits per heavy atom. The number of hydrogen-bond donors (Lipinski definition) is 1. The van der Waals surface area contributed by atoms with Gasteiger partial charge in [-0.25, -0.2) is 8.42 Å². The van der Waals surface area contributed by atoms with Gasteiger partial charge in [-0.1, -0.05) is 6.92 Å². The summed E-state index contributed by atoms with van der Waals surface area (Å²) in [5.41, 5.74) is 0. The van der Waals surface area contributed by atoms with E-state index in [0.717, 1.165) is 19.4 Å². The lowest BCUT2D eigenvalue weighted by Gasteiger charge is -2.27. The Labute approximate surface area is 85.8 Å². The Hall–Kier alpha value is -0.130. The van der Waals surface area contributed by atoms with E-state index in [1.165, 1.54) is 0 Å². The summed E-state index contributed by atoms with van der Waals surface area (Å²) in [7, 11) is -2.76. The van der Waals surface area contributed by atoms with E-state index >= 15 is 0 Å². The number of nitrogens with zero attached hydrogens (tertiary/aromatic N) is 1. The molecule has 1 rings (SSSR count). The first-order chi connectivity index (χ1) is 6.53. The summed E-state index contributed by atoms with van der Waals surface area (Å²) in [6.45, 7) is 4.01. The third-order valence-corrected chi connectivity index (χ3v) is 4.30. The summed E-state index contributed by atoms with van der Waals surface area (Å²) in [5.74, 6) is 0.546. The fraction of sp³-hybridized carbons (Fsp3) is 1.00. The van der Waals surface area contributed by atoms with Crippen LogP contribution >= 0.6 is 0 Å². The Morgan fingerprint density at radius 1 is 1.36 bits per heavy atom. The van der Waals surface area contributed by atoms with Crippen LogP contribution < -0.4 is 0 Å². The Morgan fingerprint density at radius 2 is 1.93 bits per heavy atom. The quantitative estimate of drug-likeness (QED) is 0.719. The lowest BCUT2D eigenvalue weighted by molar-refractivity contribution is 0.139. The molecule has 14 heavy (non-hydrogen) atoms. The summed E-state index contributed by atoms with van der Waals surface area (Å²) < 4.78 is 22.2. The highest BCUT2D eigenvalue weighted by atomic mass is 32.2. The molecular formula is C9H19NO3S. The van der Waals surface area contributed by atoms with Crippen LogP contribution in [0.5, 0.6) is 0 Å². The third-order valence-electron chi connectivity index (χ3n) is 2.69. The first-order valence-corrected chi connectivity index (χ1v) is 6.96. The molecule has 1 aliphatic rings. The van der Waals surface area contributed by atoms with Crippen molar-refractivity contribution in [1.29, 1.82) is 0 Å². The summed E-state index contributed by atoms with van der Waals surface area (Å²) in [6.07, 6.45) is 1.27. The van der Waals surface area contributed by atoms with Crippen molar-refractivity contribution in [1.82, 2.24) is 4.90 Å². The van der Waals surface area contributed by atoms with Crippen molar-refractivity contribution >= 4 is 9.84 Å². The minimum absolute atomic E-state index is 0.242. The van der Waals surface area contributed by atoms with E-state index in [4.69, 9.17) is 0 Å². The van der Waals surface area contributed by atoms with Crippen LogP contribution in [-0.2, 0) is 9.84 Å². The predicted molar refractivity (Wildman–Crippen MR) is 56.0 cm³/mol. The van der Waals surface area contributed by atoms with E-state index < -0.39 is 9.84 Å². The lowest BCUT2D eigenvalue weighted by Crippen LogP contribution is -2.41. The number of rotatable bonds is 4. The Kier molecular flexibility index (Phi) is 4.34. The van der Waals surface area contributed by atoms with E-state index in [-0.39, 0.29) is 17.6 Å². The molecule has 4 nitrogen and oxygen atoms in total. The van der Waals surface area contributed by atoms with Crippen molar-refractivity contribution in [3.05, 3.63) is 0 Å². The van der Waals surface area contributed by atoms with Gasteiger partial charge in [0, 0.05) is 19.6 Å². The standard InChI is InChI=1S/C9H19NO3S/c1-2-9(11)3-4-10-5-7-14(12,13)8-6-10/h9,11H,2-8H2,1H3. The van der Waals surface area contributed by atoms with Gasteiger partial charge in [-0.3, -0.25) is 0 Å². The lowest BCUT2D eigenvalue weighted by atomic mass is 10.2. The van der Waals surface area contributed by atoms with Gasteiger partial charge in [-0.2, -0.15) is 0 Å². The molecule has 1 atom stereocenters. The number of sulfone groups is 1. The zero-order valence-electron chi connectivity index (χ0n) is 8.65. The van der Waals surface area contributed by atoms with Gasteiger partial charge in [0.2, 0.25) is 0 Å². The Bertz CT molecular complexity index is 249. The second-order valence-electron chi connectivity index (χ2n) is 3.84. The van der Waals surface area contributed by atoms with Gasteiger partial charge in [0.15, 0.2) is 9.84 Å². The third kappa shape index (κ3) is 3.94. The van der Waals surface area contributed by atoms with Gasteiger partial charge >= 0.3 is 0 Å². The normalized spacial score (nSPS) is 24.7. The molecule has 1 fully saturated rings. The maximum atomic E-state index is 11.1. The van der Waals surface area contributed by atoms with Crippen molar-refractivity contribution < 1.29 is 13.5 Å². The maximum Gasteiger partial charge on any atom is 0.152 e.